The Balaban J connectivity index is 0.000000399. The normalized spacial score (nSPS) is 21.5. The highest BCUT2D eigenvalue weighted by molar-refractivity contribution is 5.62. The third-order valence-electron chi connectivity index (χ3n) is 3.99. The van der Waals surface area contributed by atoms with E-state index in [2.05, 4.69) is 10.6 Å². The van der Waals surface area contributed by atoms with E-state index in [0.29, 0.717) is 0 Å². The molecule has 2 aliphatic rings. The zero-order valence-corrected chi connectivity index (χ0v) is 12.3. The molecule has 3 N–H and O–H groups in total. The molecule has 0 heterocycles. The fraction of sp³-hybridized carbons (Fsp3) is 0.933. The Hall–Kier alpha value is -0.610. The van der Waals surface area contributed by atoms with Crippen LogP contribution in [0.15, 0.2) is 0 Å². The van der Waals surface area contributed by atoms with Crippen LogP contribution < -0.4 is 10.6 Å². The van der Waals surface area contributed by atoms with E-state index in [1.165, 1.54) is 64.2 Å². The molecule has 19 heavy (non-hydrogen) atoms. The topological polar surface area (TPSA) is 61.4 Å². The van der Waals surface area contributed by atoms with Gasteiger partial charge in [-0.25, -0.2) is 0 Å². The van der Waals surface area contributed by atoms with Crippen molar-refractivity contribution in [1.82, 2.24) is 10.6 Å². The molecule has 0 spiro atoms. The summed E-state index contributed by atoms with van der Waals surface area (Å²) >= 11 is 0. The van der Waals surface area contributed by atoms with E-state index in [0.717, 1.165) is 25.7 Å². The highest BCUT2D eigenvalue weighted by Crippen LogP contribution is 2.18. The summed E-state index contributed by atoms with van der Waals surface area (Å²) in [7, 11) is 0. The highest BCUT2D eigenvalue weighted by atomic mass is 16.4. The van der Waals surface area contributed by atoms with Gasteiger partial charge in [0.15, 0.2) is 0 Å². The van der Waals surface area contributed by atoms with E-state index in [1.807, 2.05) is 0 Å². The van der Waals surface area contributed by atoms with Crippen LogP contribution in [0.25, 0.3) is 0 Å². The molecular formula is C15H30N2O2. The maximum Gasteiger partial charge on any atom is 0.300 e. The number of aliphatic carboxylic acids is 1. The van der Waals surface area contributed by atoms with Gasteiger partial charge in [0, 0.05) is 25.7 Å². The van der Waals surface area contributed by atoms with Crippen LogP contribution in [-0.4, -0.2) is 29.8 Å². The molecule has 4 nitrogen and oxygen atoms in total. The van der Waals surface area contributed by atoms with Gasteiger partial charge in [-0.2, -0.15) is 0 Å². The fourth-order valence-corrected chi connectivity index (χ4v) is 2.96. The summed E-state index contributed by atoms with van der Waals surface area (Å²) in [6.45, 7) is 2.12. The summed E-state index contributed by atoms with van der Waals surface area (Å²) in [4.78, 5) is 9.00. The molecule has 0 aromatic rings. The number of hydrogen-bond donors (Lipinski definition) is 3. The van der Waals surface area contributed by atoms with Crippen LogP contribution in [0.2, 0.25) is 0 Å². The average Bonchev–Trinajstić information content (AvgIpc) is 2.41. The van der Waals surface area contributed by atoms with E-state index < -0.39 is 5.97 Å². The van der Waals surface area contributed by atoms with Crippen molar-refractivity contribution in [2.75, 3.05) is 6.67 Å². The fourth-order valence-electron chi connectivity index (χ4n) is 2.96. The second-order valence-corrected chi connectivity index (χ2v) is 5.77. The van der Waals surface area contributed by atoms with Crippen molar-refractivity contribution in [3.63, 3.8) is 0 Å². The lowest BCUT2D eigenvalue weighted by molar-refractivity contribution is -0.134. The van der Waals surface area contributed by atoms with Gasteiger partial charge >= 0.3 is 0 Å². The van der Waals surface area contributed by atoms with Gasteiger partial charge in [0.1, 0.15) is 0 Å². The number of nitrogens with one attached hydrogen (secondary N) is 2. The minimum atomic E-state index is -0.833. The van der Waals surface area contributed by atoms with E-state index in [-0.39, 0.29) is 0 Å². The largest absolute Gasteiger partial charge is 0.481 e. The van der Waals surface area contributed by atoms with Gasteiger partial charge in [-0.05, 0) is 25.7 Å². The molecule has 2 aliphatic carbocycles. The molecule has 0 atom stereocenters. The second kappa shape index (κ2) is 10.2. The lowest BCUT2D eigenvalue weighted by Crippen LogP contribution is -2.42. The zero-order valence-electron chi connectivity index (χ0n) is 12.3. The van der Waals surface area contributed by atoms with Gasteiger partial charge in [-0.1, -0.05) is 38.5 Å². The number of carboxylic acids is 1. The lowest BCUT2D eigenvalue weighted by atomic mass is 9.95. The average molecular weight is 270 g/mol. The molecule has 0 bridgehead atoms. The molecule has 0 aromatic heterocycles. The Labute approximate surface area is 117 Å². The van der Waals surface area contributed by atoms with E-state index in [9.17, 15) is 0 Å². The SMILES string of the molecule is C1CCC(NCNC2CCCCC2)CC1.CC(=O)O. The van der Waals surface area contributed by atoms with E-state index in [1.54, 1.807) is 0 Å². The molecule has 0 aromatic carbocycles. The highest BCUT2D eigenvalue weighted by Gasteiger charge is 2.14. The smallest absolute Gasteiger partial charge is 0.300 e. The summed E-state index contributed by atoms with van der Waals surface area (Å²) in [5.74, 6) is -0.833. The molecule has 4 heteroatoms. The zero-order chi connectivity index (χ0) is 13.9. The van der Waals surface area contributed by atoms with Crippen LogP contribution in [0.4, 0.5) is 0 Å². The molecule has 2 fully saturated rings. The third-order valence-corrected chi connectivity index (χ3v) is 3.99. The summed E-state index contributed by atoms with van der Waals surface area (Å²) in [5, 5.41) is 14.7. The van der Waals surface area contributed by atoms with Crippen molar-refractivity contribution in [2.24, 2.45) is 0 Å². The van der Waals surface area contributed by atoms with Crippen LogP contribution in [0.3, 0.4) is 0 Å². The second-order valence-electron chi connectivity index (χ2n) is 5.77. The van der Waals surface area contributed by atoms with Gasteiger partial charge in [-0.15, -0.1) is 0 Å². The van der Waals surface area contributed by atoms with Crippen LogP contribution in [0.1, 0.15) is 71.1 Å². The Kier molecular flexibility index (Phi) is 8.84. The first-order valence-corrected chi connectivity index (χ1v) is 7.85. The maximum atomic E-state index is 9.00. The van der Waals surface area contributed by atoms with Crippen LogP contribution in [0.5, 0.6) is 0 Å². The van der Waals surface area contributed by atoms with Crippen molar-refractivity contribution in [3.8, 4) is 0 Å². The van der Waals surface area contributed by atoms with Gasteiger partial charge < -0.3 is 15.7 Å². The number of carboxylic acid groups (broad SMARTS) is 1. The van der Waals surface area contributed by atoms with Gasteiger partial charge in [-0.3, -0.25) is 4.79 Å². The predicted molar refractivity (Wildman–Crippen MR) is 78.2 cm³/mol. The molecule has 2 rings (SSSR count). The Bertz CT molecular complexity index is 212. The van der Waals surface area contributed by atoms with Gasteiger partial charge in [0.05, 0.1) is 0 Å². The van der Waals surface area contributed by atoms with Crippen LogP contribution in [-0.2, 0) is 4.79 Å². The summed E-state index contributed by atoms with van der Waals surface area (Å²) in [5.41, 5.74) is 0. The molecule has 0 unspecified atom stereocenters. The summed E-state index contributed by atoms with van der Waals surface area (Å²) < 4.78 is 0. The van der Waals surface area contributed by atoms with Crippen molar-refractivity contribution in [1.29, 1.82) is 0 Å². The van der Waals surface area contributed by atoms with Crippen molar-refractivity contribution < 1.29 is 9.90 Å². The van der Waals surface area contributed by atoms with Crippen LogP contribution >= 0.6 is 0 Å². The number of hydrogen-bond acceptors (Lipinski definition) is 3. The van der Waals surface area contributed by atoms with Crippen LogP contribution in [0, 0.1) is 0 Å². The number of rotatable bonds is 4. The van der Waals surface area contributed by atoms with Gasteiger partial charge in [0.25, 0.3) is 5.97 Å². The molecule has 0 radical (unpaired) electrons. The molecule has 2 saturated carbocycles. The summed E-state index contributed by atoms with van der Waals surface area (Å²) in [6, 6.07) is 1.60. The minimum Gasteiger partial charge on any atom is -0.481 e. The first kappa shape index (κ1) is 16.4. The van der Waals surface area contributed by atoms with E-state index in [4.69, 9.17) is 9.90 Å². The Morgan fingerprint density at radius 3 is 1.53 bits per heavy atom. The third kappa shape index (κ3) is 9.00. The van der Waals surface area contributed by atoms with Crippen molar-refractivity contribution >= 4 is 5.97 Å². The van der Waals surface area contributed by atoms with Crippen molar-refractivity contribution in [2.45, 2.75) is 83.2 Å². The molecule has 112 valence electrons. The Morgan fingerprint density at radius 2 is 1.21 bits per heavy atom. The monoisotopic (exact) mass is 270 g/mol. The summed E-state index contributed by atoms with van der Waals surface area (Å²) in [6.07, 6.45) is 14.2. The standard InChI is InChI=1S/C13H26N2.C2H4O2/c1-3-7-12(8-4-1)14-11-15-13-9-5-2-6-10-13;1-2(3)4/h12-15H,1-11H2;1H3,(H,3,4). The van der Waals surface area contributed by atoms with Gasteiger partial charge in [0.2, 0.25) is 0 Å². The lowest BCUT2D eigenvalue weighted by Gasteiger charge is -2.27. The quantitative estimate of drug-likeness (QED) is 0.687. The van der Waals surface area contributed by atoms with E-state index >= 15 is 0 Å². The first-order chi connectivity index (χ1) is 9.18. The Morgan fingerprint density at radius 1 is 0.895 bits per heavy atom. The molecule has 0 saturated heterocycles. The minimum absolute atomic E-state index is 0.801. The van der Waals surface area contributed by atoms with Crippen molar-refractivity contribution in [3.05, 3.63) is 0 Å². The molecule has 0 amide bonds. The number of carbonyl (C=O) groups is 1. The molecule has 0 aliphatic heterocycles. The first-order valence-electron chi connectivity index (χ1n) is 7.85. The predicted octanol–water partition coefficient (Wildman–Crippen LogP) is 2.88. The maximum absolute atomic E-state index is 9.00. The molecular weight excluding hydrogens is 240 g/mol.